The quantitative estimate of drug-likeness (QED) is 0.754. The molecule has 134 valence electrons. The molecule has 1 fully saturated rings. The molecule has 8 heteroatoms. The van der Waals surface area contributed by atoms with Crippen LogP contribution in [0.3, 0.4) is 0 Å². The van der Waals surface area contributed by atoms with Gasteiger partial charge < -0.3 is 14.2 Å². The molecule has 2 aromatic rings. The van der Waals surface area contributed by atoms with Gasteiger partial charge in [-0.2, -0.15) is 4.98 Å². The van der Waals surface area contributed by atoms with Gasteiger partial charge in [0, 0.05) is 36.8 Å². The normalized spacial score (nSPS) is 15.8. The Labute approximate surface area is 151 Å². The molecule has 0 atom stereocenters. The average molecular weight is 365 g/mol. The van der Waals surface area contributed by atoms with E-state index in [9.17, 15) is 4.79 Å². The van der Waals surface area contributed by atoms with Crippen molar-refractivity contribution in [3.8, 4) is 11.4 Å². The molecule has 0 aliphatic carbocycles. The lowest BCUT2D eigenvalue weighted by Crippen LogP contribution is -2.35. The molecule has 0 bridgehead atoms. The summed E-state index contributed by atoms with van der Waals surface area (Å²) in [5.41, 5.74) is 0.821. The number of hydrogen-bond donors (Lipinski definition) is 0. The Morgan fingerprint density at radius 3 is 3.00 bits per heavy atom. The van der Waals surface area contributed by atoms with E-state index >= 15 is 0 Å². The van der Waals surface area contributed by atoms with Crippen molar-refractivity contribution >= 4 is 23.6 Å². The molecule has 1 saturated heterocycles. The molecular weight excluding hydrogens is 344 g/mol. The van der Waals surface area contributed by atoms with Crippen LogP contribution in [0.2, 0.25) is 5.02 Å². The lowest BCUT2D eigenvalue weighted by atomic mass is 10.2. The monoisotopic (exact) mass is 364 g/mol. The van der Waals surface area contributed by atoms with Crippen molar-refractivity contribution in [1.82, 2.24) is 15.0 Å². The van der Waals surface area contributed by atoms with Crippen LogP contribution in [0.15, 0.2) is 28.8 Å². The lowest BCUT2D eigenvalue weighted by molar-refractivity contribution is -0.144. The topological polar surface area (TPSA) is 71.7 Å². The first kappa shape index (κ1) is 17.7. The summed E-state index contributed by atoms with van der Waals surface area (Å²) in [5, 5.41) is 4.68. The fourth-order valence-electron chi connectivity index (χ4n) is 2.80. The predicted molar refractivity (Wildman–Crippen MR) is 94.6 cm³/mol. The molecule has 1 aromatic heterocycles. The van der Waals surface area contributed by atoms with Gasteiger partial charge in [-0.3, -0.25) is 9.69 Å². The molecule has 25 heavy (non-hydrogen) atoms. The molecule has 1 aromatic carbocycles. The Kier molecular flexibility index (Phi) is 5.88. The van der Waals surface area contributed by atoms with Crippen molar-refractivity contribution in [3.63, 3.8) is 0 Å². The van der Waals surface area contributed by atoms with E-state index in [1.165, 1.54) is 0 Å². The van der Waals surface area contributed by atoms with Crippen molar-refractivity contribution in [3.05, 3.63) is 29.3 Å². The van der Waals surface area contributed by atoms with Crippen molar-refractivity contribution in [1.29, 1.82) is 0 Å². The third-order valence-electron chi connectivity index (χ3n) is 4.02. The molecule has 2 heterocycles. The molecule has 0 radical (unpaired) electrons. The van der Waals surface area contributed by atoms with Crippen LogP contribution in [0.25, 0.3) is 11.4 Å². The van der Waals surface area contributed by atoms with Gasteiger partial charge in [0.25, 0.3) is 0 Å². The number of anilines is 1. The smallest absolute Gasteiger partial charge is 0.324 e. The second-order valence-corrected chi connectivity index (χ2v) is 6.27. The second-order valence-electron chi connectivity index (χ2n) is 5.83. The number of aromatic nitrogens is 2. The zero-order valence-electron chi connectivity index (χ0n) is 14.2. The summed E-state index contributed by atoms with van der Waals surface area (Å²) in [5.74, 6) is 0.335. The van der Waals surface area contributed by atoms with E-state index in [0.717, 1.165) is 38.2 Å². The van der Waals surface area contributed by atoms with Gasteiger partial charge in [-0.05, 0) is 25.5 Å². The van der Waals surface area contributed by atoms with Gasteiger partial charge in [0.15, 0.2) is 0 Å². The third-order valence-corrected chi connectivity index (χ3v) is 4.25. The SMILES string of the molecule is CCOC(=O)CN1CCCN(c2nc(-c3cccc(Cl)c3)no2)CC1. The highest BCUT2D eigenvalue weighted by Crippen LogP contribution is 2.23. The average Bonchev–Trinajstić information content (AvgIpc) is 2.97. The van der Waals surface area contributed by atoms with Gasteiger partial charge in [0.05, 0.1) is 13.2 Å². The van der Waals surface area contributed by atoms with Crippen molar-refractivity contribution < 1.29 is 14.1 Å². The first-order valence-electron chi connectivity index (χ1n) is 8.38. The fraction of sp³-hybridized carbons (Fsp3) is 0.471. The van der Waals surface area contributed by atoms with Crippen LogP contribution in [0.5, 0.6) is 0 Å². The number of nitrogens with zero attached hydrogens (tertiary/aromatic N) is 4. The van der Waals surface area contributed by atoms with Gasteiger partial charge in [-0.25, -0.2) is 0 Å². The molecule has 0 N–H and O–H groups in total. The fourth-order valence-corrected chi connectivity index (χ4v) is 2.99. The van der Waals surface area contributed by atoms with Crippen LogP contribution in [-0.2, 0) is 9.53 Å². The molecule has 1 aliphatic heterocycles. The highest BCUT2D eigenvalue weighted by Gasteiger charge is 2.21. The minimum Gasteiger partial charge on any atom is -0.465 e. The van der Waals surface area contributed by atoms with E-state index in [4.69, 9.17) is 20.9 Å². The molecule has 0 amide bonds. The number of esters is 1. The van der Waals surface area contributed by atoms with Gasteiger partial charge in [0.2, 0.25) is 5.82 Å². The molecule has 0 saturated carbocycles. The second kappa shape index (κ2) is 8.31. The summed E-state index contributed by atoms with van der Waals surface area (Å²) in [6, 6.07) is 7.85. The Morgan fingerprint density at radius 2 is 2.20 bits per heavy atom. The number of benzene rings is 1. The van der Waals surface area contributed by atoms with Gasteiger partial charge in [-0.1, -0.05) is 28.9 Å². The van der Waals surface area contributed by atoms with E-state index in [2.05, 4.69) is 15.0 Å². The van der Waals surface area contributed by atoms with Crippen LogP contribution in [0, 0.1) is 0 Å². The molecular formula is C17H21ClN4O3. The lowest BCUT2D eigenvalue weighted by Gasteiger charge is -2.19. The zero-order chi connectivity index (χ0) is 17.6. The Hall–Kier alpha value is -2.12. The predicted octanol–water partition coefficient (Wildman–Crippen LogP) is 2.47. The maximum Gasteiger partial charge on any atom is 0.324 e. The standard InChI is InChI=1S/C17H21ClN4O3/c1-2-24-15(23)12-21-7-4-8-22(10-9-21)17-19-16(20-25-17)13-5-3-6-14(18)11-13/h3,5-6,11H,2,4,7-10,12H2,1H3. The van der Waals surface area contributed by atoms with Crippen LogP contribution < -0.4 is 4.90 Å². The number of carbonyl (C=O) groups excluding carboxylic acids is 1. The summed E-state index contributed by atoms with van der Waals surface area (Å²) in [7, 11) is 0. The van der Waals surface area contributed by atoms with E-state index in [1.807, 2.05) is 24.0 Å². The third kappa shape index (κ3) is 4.70. The summed E-state index contributed by atoms with van der Waals surface area (Å²) in [4.78, 5) is 20.3. The van der Waals surface area contributed by atoms with E-state index in [1.54, 1.807) is 12.1 Å². The van der Waals surface area contributed by atoms with Crippen LogP contribution in [0.1, 0.15) is 13.3 Å². The van der Waals surface area contributed by atoms with Crippen molar-refractivity contribution in [2.45, 2.75) is 13.3 Å². The zero-order valence-corrected chi connectivity index (χ0v) is 14.9. The molecule has 0 unspecified atom stereocenters. The number of rotatable bonds is 5. The maximum absolute atomic E-state index is 11.6. The first-order valence-corrected chi connectivity index (χ1v) is 8.76. The number of ether oxygens (including phenoxy) is 1. The Bertz CT molecular complexity index is 721. The summed E-state index contributed by atoms with van der Waals surface area (Å²) >= 11 is 6.01. The van der Waals surface area contributed by atoms with Crippen LogP contribution >= 0.6 is 11.6 Å². The Morgan fingerprint density at radius 1 is 1.32 bits per heavy atom. The van der Waals surface area contributed by atoms with E-state index in [0.29, 0.717) is 30.0 Å². The van der Waals surface area contributed by atoms with Gasteiger partial charge >= 0.3 is 12.0 Å². The molecule has 0 spiro atoms. The molecule has 3 rings (SSSR count). The van der Waals surface area contributed by atoms with Crippen molar-refractivity contribution in [2.24, 2.45) is 0 Å². The van der Waals surface area contributed by atoms with E-state index < -0.39 is 0 Å². The number of carbonyl (C=O) groups is 1. The molecule has 1 aliphatic rings. The summed E-state index contributed by atoms with van der Waals surface area (Å²) < 4.78 is 10.4. The Balaban J connectivity index is 1.62. The maximum atomic E-state index is 11.6. The largest absolute Gasteiger partial charge is 0.465 e. The van der Waals surface area contributed by atoms with Crippen LogP contribution in [-0.4, -0.2) is 60.3 Å². The highest BCUT2D eigenvalue weighted by molar-refractivity contribution is 6.30. The van der Waals surface area contributed by atoms with Crippen LogP contribution in [0.4, 0.5) is 6.01 Å². The van der Waals surface area contributed by atoms with Crippen molar-refractivity contribution in [2.75, 3.05) is 44.2 Å². The highest BCUT2D eigenvalue weighted by atomic mass is 35.5. The summed E-state index contributed by atoms with van der Waals surface area (Å²) in [6.45, 7) is 5.65. The number of hydrogen-bond acceptors (Lipinski definition) is 7. The minimum absolute atomic E-state index is 0.183. The van der Waals surface area contributed by atoms with Gasteiger partial charge in [-0.15, -0.1) is 0 Å². The first-order chi connectivity index (χ1) is 12.2. The summed E-state index contributed by atoms with van der Waals surface area (Å²) in [6.07, 6.45) is 0.911. The number of halogens is 1. The minimum atomic E-state index is -0.183. The molecule has 7 nitrogen and oxygen atoms in total. The van der Waals surface area contributed by atoms with E-state index in [-0.39, 0.29) is 5.97 Å². The van der Waals surface area contributed by atoms with Gasteiger partial charge in [0.1, 0.15) is 0 Å².